The summed E-state index contributed by atoms with van der Waals surface area (Å²) in [7, 11) is 0. The number of esters is 2. The van der Waals surface area contributed by atoms with Crippen molar-refractivity contribution in [1.29, 1.82) is 0 Å². The Labute approximate surface area is 465 Å². The van der Waals surface area contributed by atoms with Crippen LogP contribution in [-0.2, 0) is 25.7 Å². The van der Waals surface area contributed by atoms with E-state index >= 15 is 0 Å². The van der Waals surface area contributed by atoms with E-state index in [4.69, 9.17) is 38.4 Å². The second-order valence-electron chi connectivity index (χ2n) is 19.1. The van der Waals surface area contributed by atoms with Gasteiger partial charge in [-0.25, -0.2) is 19.6 Å². The van der Waals surface area contributed by atoms with Crippen LogP contribution in [-0.4, -0.2) is 54.9 Å². The average molecular weight is 1070 g/mol. The maximum atomic E-state index is 11.2. The predicted octanol–water partition coefficient (Wildman–Crippen LogP) is 15.5. The number of aromatic nitrogens is 2. The number of hydrogen-bond acceptors (Lipinski definition) is 14. The summed E-state index contributed by atoms with van der Waals surface area (Å²) >= 11 is 0. The van der Waals surface area contributed by atoms with E-state index < -0.39 is 0 Å². The summed E-state index contributed by atoms with van der Waals surface area (Å²) in [5, 5.41) is 0. The third kappa shape index (κ3) is 20.4. The summed E-state index contributed by atoms with van der Waals surface area (Å²) in [6.07, 6.45) is 17.0. The van der Waals surface area contributed by atoms with Crippen molar-refractivity contribution in [1.82, 2.24) is 9.97 Å². The number of nitrogens with one attached hydrogen (secondary N) is 4. The second kappa shape index (κ2) is 32.9. The first-order valence-corrected chi connectivity index (χ1v) is 27.8. The molecule has 7 aromatic rings. The number of benzene rings is 6. The van der Waals surface area contributed by atoms with Crippen molar-refractivity contribution in [2.45, 2.75) is 103 Å². The number of ether oxygens (including phenoxy) is 6. The van der Waals surface area contributed by atoms with E-state index in [1.165, 1.54) is 44.3 Å². The van der Waals surface area contributed by atoms with Crippen LogP contribution in [0.4, 0.5) is 22.7 Å². The molecule has 0 aliphatic rings. The maximum absolute atomic E-state index is 11.2. The lowest BCUT2D eigenvalue weighted by atomic mass is 10.0. The van der Waals surface area contributed by atoms with Gasteiger partial charge in [0.1, 0.15) is 29.6 Å². The molecule has 0 fully saturated rings. The topological polar surface area (TPSA) is 163 Å². The standard InChI is InChI=1S/C65H76N6O8/c1-4-7-8-9-10-15-41-76-58-27-22-28-59(47-58)79-48-49-29-38-60-61(44-49)67-65(51-24-21-26-55(46-51)71-69-53-32-36-57(37-33-53)75-40-17-12-14-19-43-78-63(73)6-3)64(66-60)50-23-20-25-54(45-50)70-68-52-30-34-56(35-31-52)74-39-16-11-13-18-42-77-62(72)5-2/h5-6,20-38,44-47,68-71H,2-4,7-19,39-43,48H2,1H3. The second-order valence-corrected chi connectivity index (χ2v) is 19.1. The van der Waals surface area contributed by atoms with Crippen molar-refractivity contribution in [2.24, 2.45) is 0 Å². The Morgan fingerprint density at radius 3 is 1.35 bits per heavy atom. The van der Waals surface area contributed by atoms with Crippen molar-refractivity contribution in [3.05, 3.63) is 170 Å². The molecule has 1 heterocycles. The monoisotopic (exact) mass is 1070 g/mol. The molecule has 414 valence electrons. The minimum absolute atomic E-state index is 0.349. The lowest BCUT2D eigenvalue weighted by Gasteiger charge is -2.15. The highest BCUT2D eigenvalue weighted by Gasteiger charge is 2.16. The van der Waals surface area contributed by atoms with E-state index in [9.17, 15) is 9.59 Å². The molecule has 0 aliphatic heterocycles. The Balaban J connectivity index is 1.00. The summed E-state index contributed by atoms with van der Waals surface area (Å²) in [6.45, 7) is 12.2. The van der Waals surface area contributed by atoms with Gasteiger partial charge in [0.25, 0.3) is 0 Å². The summed E-state index contributed by atoms with van der Waals surface area (Å²) in [5.74, 6) is 2.37. The Morgan fingerprint density at radius 1 is 0.418 bits per heavy atom. The van der Waals surface area contributed by atoms with E-state index in [2.05, 4.69) is 53.9 Å². The Bertz CT molecular complexity index is 2990. The Kier molecular flexibility index (Phi) is 24.2. The van der Waals surface area contributed by atoms with Crippen molar-refractivity contribution >= 4 is 45.7 Å². The van der Waals surface area contributed by atoms with Crippen molar-refractivity contribution in [3.63, 3.8) is 0 Å². The molecule has 14 nitrogen and oxygen atoms in total. The van der Waals surface area contributed by atoms with Crippen molar-refractivity contribution in [2.75, 3.05) is 54.7 Å². The average Bonchev–Trinajstić information content (AvgIpc) is 3.49. The van der Waals surface area contributed by atoms with Crippen LogP contribution in [0, 0.1) is 0 Å². The molecule has 0 aliphatic carbocycles. The molecule has 0 bridgehead atoms. The van der Waals surface area contributed by atoms with Gasteiger partial charge in [0, 0.05) is 29.3 Å². The molecular formula is C65H76N6O8. The van der Waals surface area contributed by atoms with Gasteiger partial charge in [0.2, 0.25) is 0 Å². The number of carbonyl (C=O) groups is 2. The molecule has 0 radical (unpaired) electrons. The third-order valence-electron chi connectivity index (χ3n) is 12.8. The zero-order valence-corrected chi connectivity index (χ0v) is 45.7. The fourth-order valence-corrected chi connectivity index (χ4v) is 8.49. The molecule has 0 saturated heterocycles. The SMILES string of the molecule is C=CC(=O)OCCCCCCOc1ccc(NNc2cccc(-c3nc4ccc(COc5cccc(OCCCCCCCC)c5)cc4nc3-c3cccc(NNc4ccc(OCCCCCCOC(=O)C=C)cc4)c3)c2)cc1. The Hall–Kier alpha value is -8.52. The number of nitrogens with zero attached hydrogens (tertiary/aromatic N) is 2. The third-order valence-corrected chi connectivity index (χ3v) is 12.8. The summed E-state index contributed by atoms with van der Waals surface area (Å²) in [4.78, 5) is 33.1. The van der Waals surface area contributed by atoms with Crippen LogP contribution < -0.4 is 40.7 Å². The fourth-order valence-electron chi connectivity index (χ4n) is 8.49. The van der Waals surface area contributed by atoms with Gasteiger partial charge in [-0.05, 0) is 160 Å². The van der Waals surface area contributed by atoms with Gasteiger partial charge < -0.3 is 50.1 Å². The molecular weight excluding hydrogens is 993 g/mol. The minimum Gasteiger partial charge on any atom is -0.494 e. The molecule has 14 heteroatoms. The minimum atomic E-state index is -0.383. The Morgan fingerprint density at radius 2 is 0.848 bits per heavy atom. The number of carbonyl (C=O) groups excluding carboxylic acids is 2. The predicted molar refractivity (Wildman–Crippen MR) is 318 cm³/mol. The molecule has 0 amide bonds. The van der Waals surface area contributed by atoms with Gasteiger partial charge in [0.05, 0.1) is 78.2 Å². The smallest absolute Gasteiger partial charge is 0.330 e. The zero-order valence-electron chi connectivity index (χ0n) is 45.7. The summed E-state index contributed by atoms with van der Waals surface area (Å²) < 4.78 is 34.4. The lowest BCUT2D eigenvalue weighted by Crippen LogP contribution is -2.09. The molecule has 4 N–H and O–H groups in total. The first-order chi connectivity index (χ1) is 38.8. The summed E-state index contributed by atoms with van der Waals surface area (Å²) in [6, 6.07) is 45.8. The van der Waals surface area contributed by atoms with E-state index in [0.29, 0.717) is 39.6 Å². The molecule has 1 aromatic heterocycles. The highest BCUT2D eigenvalue weighted by Crippen LogP contribution is 2.34. The molecule has 0 spiro atoms. The highest BCUT2D eigenvalue weighted by atomic mass is 16.5. The van der Waals surface area contributed by atoms with E-state index in [1.54, 1.807) is 0 Å². The number of hydrazine groups is 2. The van der Waals surface area contributed by atoms with Crippen molar-refractivity contribution in [3.8, 4) is 45.5 Å². The van der Waals surface area contributed by atoms with Crippen LogP contribution in [0.15, 0.2) is 165 Å². The molecule has 79 heavy (non-hydrogen) atoms. The number of rotatable bonds is 37. The highest BCUT2D eigenvalue weighted by molar-refractivity contribution is 5.88. The maximum Gasteiger partial charge on any atom is 0.330 e. The fraction of sp³-hybridized carbons (Fsp3) is 0.323. The lowest BCUT2D eigenvalue weighted by molar-refractivity contribution is -0.138. The van der Waals surface area contributed by atoms with Gasteiger partial charge >= 0.3 is 11.9 Å². The van der Waals surface area contributed by atoms with Gasteiger partial charge in [0.15, 0.2) is 0 Å². The van der Waals surface area contributed by atoms with E-state index in [-0.39, 0.29) is 11.9 Å². The van der Waals surface area contributed by atoms with Crippen molar-refractivity contribution < 1.29 is 38.0 Å². The van der Waals surface area contributed by atoms with Crippen LogP contribution in [0.3, 0.4) is 0 Å². The number of fused-ring (bicyclic) bond motifs is 1. The molecule has 0 saturated carbocycles. The molecule has 7 rings (SSSR count). The van der Waals surface area contributed by atoms with Crippen LogP contribution in [0.1, 0.15) is 102 Å². The van der Waals surface area contributed by atoms with E-state index in [1.807, 2.05) is 127 Å². The van der Waals surface area contributed by atoms with Crippen LogP contribution >= 0.6 is 0 Å². The largest absolute Gasteiger partial charge is 0.494 e. The normalized spacial score (nSPS) is 10.8. The first kappa shape index (κ1) is 58.2. The summed E-state index contributed by atoms with van der Waals surface area (Å²) in [5.41, 5.74) is 22.5. The number of unbranched alkanes of at least 4 members (excludes halogenated alkanes) is 11. The number of hydrogen-bond donors (Lipinski definition) is 4. The van der Waals surface area contributed by atoms with Gasteiger partial charge in [-0.3, -0.25) is 0 Å². The van der Waals surface area contributed by atoms with Crippen LogP contribution in [0.25, 0.3) is 33.5 Å². The molecule has 0 unspecified atom stereocenters. The van der Waals surface area contributed by atoms with Crippen LogP contribution in [0.2, 0.25) is 0 Å². The quantitative estimate of drug-likeness (QED) is 0.0126. The number of anilines is 4. The van der Waals surface area contributed by atoms with Gasteiger partial charge in [-0.15, -0.1) is 0 Å². The molecule has 0 atom stereocenters. The van der Waals surface area contributed by atoms with Gasteiger partial charge in [-0.2, -0.15) is 0 Å². The first-order valence-electron chi connectivity index (χ1n) is 27.8. The zero-order chi connectivity index (χ0) is 55.1. The van der Waals surface area contributed by atoms with Crippen LogP contribution in [0.5, 0.6) is 23.0 Å². The van der Waals surface area contributed by atoms with Gasteiger partial charge in [-0.1, -0.05) is 88.6 Å². The molecule has 6 aromatic carbocycles. The van der Waals surface area contributed by atoms with E-state index in [0.717, 1.165) is 143 Å².